The van der Waals surface area contributed by atoms with Crippen LogP contribution in [0.5, 0.6) is 0 Å². The summed E-state index contributed by atoms with van der Waals surface area (Å²) in [6.07, 6.45) is 4.48. The van der Waals surface area contributed by atoms with Crippen LogP contribution in [0.2, 0.25) is 0 Å². The lowest BCUT2D eigenvalue weighted by Gasteiger charge is -2.11. The molecule has 0 amide bonds. The van der Waals surface area contributed by atoms with Crippen LogP contribution in [0.1, 0.15) is 49.0 Å². The minimum absolute atomic E-state index is 0.00407. The topological polar surface area (TPSA) is 44.0 Å². The SMILES string of the molecule is CC(=O)c1cccc2c1n(C)c(=O)n2C1CCCC1. The third kappa shape index (κ3) is 1.74. The van der Waals surface area contributed by atoms with Crippen LogP contribution in [-0.2, 0) is 7.05 Å². The fourth-order valence-electron chi connectivity index (χ4n) is 3.24. The standard InChI is InChI=1S/C15H18N2O2/c1-10(18)12-8-5-9-13-14(12)16(2)15(19)17(13)11-6-3-4-7-11/h5,8-9,11H,3-4,6-7H2,1-2H3. The maximum absolute atomic E-state index is 12.5. The van der Waals surface area contributed by atoms with Gasteiger partial charge in [-0.2, -0.15) is 0 Å². The zero-order chi connectivity index (χ0) is 13.6. The Hall–Kier alpha value is -1.84. The van der Waals surface area contributed by atoms with Gasteiger partial charge in [-0.25, -0.2) is 4.79 Å². The number of ketones is 1. The summed E-state index contributed by atoms with van der Waals surface area (Å²) in [6, 6.07) is 5.90. The summed E-state index contributed by atoms with van der Waals surface area (Å²) in [5.74, 6) is 0.00442. The van der Waals surface area contributed by atoms with Crippen molar-refractivity contribution in [2.45, 2.75) is 38.6 Å². The molecule has 0 spiro atoms. The first-order chi connectivity index (χ1) is 9.11. The molecule has 0 radical (unpaired) electrons. The highest BCUT2D eigenvalue weighted by Crippen LogP contribution is 2.31. The van der Waals surface area contributed by atoms with Crippen LogP contribution in [0.4, 0.5) is 0 Å². The first-order valence-corrected chi connectivity index (χ1v) is 6.82. The second kappa shape index (κ2) is 4.37. The molecule has 0 bridgehead atoms. The van der Waals surface area contributed by atoms with Crippen molar-refractivity contribution < 1.29 is 4.79 Å². The second-order valence-electron chi connectivity index (χ2n) is 5.38. The monoisotopic (exact) mass is 258 g/mol. The van der Waals surface area contributed by atoms with Gasteiger partial charge >= 0.3 is 5.69 Å². The molecule has 1 aromatic carbocycles. The van der Waals surface area contributed by atoms with E-state index in [0.29, 0.717) is 11.6 Å². The molecule has 19 heavy (non-hydrogen) atoms. The van der Waals surface area contributed by atoms with Crippen LogP contribution in [-0.4, -0.2) is 14.9 Å². The molecule has 0 aliphatic heterocycles. The maximum atomic E-state index is 12.5. The lowest BCUT2D eigenvalue weighted by Crippen LogP contribution is -2.24. The number of aryl methyl sites for hydroxylation is 1. The summed E-state index contributed by atoms with van der Waals surface area (Å²) in [5.41, 5.74) is 2.29. The van der Waals surface area contributed by atoms with Crippen LogP contribution >= 0.6 is 0 Å². The van der Waals surface area contributed by atoms with Crippen LogP contribution < -0.4 is 5.69 Å². The maximum Gasteiger partial charge on any atom is 0.329 e. The van der Waals surface area contributed by atoms with E-state index in [4.69, 9.17) is 0 Å². The molecule has 4 heteroatoms. The average Bonchev–Trinajstić information content (AvgIpc) is 2.98. The number of carbonyl (C=O) groups is 1. The number of hydrogen-bond acceptors (Lipinski definition) is 2. The van der Waals surface area contributed by atoms with Crippen molar-refractivity contribution in [3.8, 4) is 0 Å². The average molecular weight is 258 g/mol. The van der Waals surface area contributed by atoms with Gasteiger partial charge in [0.1, 0.15) is 0 Å². The highest BCUT2D eigenvalue weighted by molar-refractivity contribution is 6.05. The number of imidazole rings is 1. The predicted octanol–water partition coefficient (Wildman–Crippen LogP) is 2.66. The molecule has 1 saturated carbocycles. The van der Waals surface area contributed by atoms with Gasteiger partial charge in [0.05, 0.1) is 11.0 Å². The fourth-order valence-corrected chi connectivity index (χ4v) is 3.24. The molecule has 0 atom stereocenters. The molecule has 1 fully saturated rings. The first kappa shape index (κ1) is 12.2. The van der Waals surface area contributed by atoms with E-state index in [1.165, 1.54) is 12.8 Å². The number of fused-ring (bicyclic) bond motifs is 1. The van der Waals surface area contributed by atoms with E-state index in [-0.39, 0.29) is 11.5 Å². The van der Waals surface area contributed by atoms with Gasteiger partial charge in [-0.1, -0.05) is 18.9 Å². The van der Waals surface area contributed by atoms with E-state index in [2.05, 4.69) is 0 Å². The number of para-hydroxylation sites is 1. The van der Waals surface area contributed by atoms with Gasteiger partial charge in [-0.15, -0.1) is 0 Å². The van der Waals surface area contributed by atoms with Gasteiger partial charge in [0.25, 0.3) is 0 Å². The minimum Gasteiger partial charge on any atom is -0.294 e. The van der Waals surface area contributed by atoms with Crippen molar-refractivity contribution >= 4 is 16.8 Å². The van der Waals surface area contributed by atoms with Crippen LogP contribution in [0.3, 0.4) is 0 Å². The third-order valence-electron chi connectivity index (χ3n) is 4.17. The van der Waals surface area contributed by atoms with Crippen LogP contribution in [0.15, 0.2) is 23.0 Å². The number of Topliss-reactive ketones (excluding diaryl/α,β-unsaturated/α-hetero) is 1. The lowest BCUT2D eigenvalue weighted by molar-refractivity contribution is 0.101. The Labute approximate surface area is 111 Å². The van der Waals surface area contributed by atoms with Crippen molar-refractivity contribution in [2.24, 2.45) is 7.05 Å². The lowest BCUT2D eigenvalue weighted by atomic mass is 10.1. The molecule has 1 aromatic heterocycles. The fraction of sp³-hybridized carbons (Fsp3) is 0.467. The van der Waals surface area contributed by atoms with E-state index in [9.17, 15) is 9.59 Å². The first-order valence-electron chi connectivity index (χ1n) is 6.82. The summed E-state index contributed by atoms with van der Waals surface area (Å²) >= 11 is 0. The highest BCUT2D eigenvalue weighted by atomic mass is 16.2. The molecular formula is C15H18N2O2. The quantitative estimate of drug-likeness (QED) is 0.777. The number of aromatic nitrogens is 2. The molecular weight excluding hydrogens is 240 g/mol. The molecule has 2 aromatic rings. The normalized spacial score (nSPS) is 16.3. The van der Waals surface area contributed by atoms with Crippen molar-refractivity contribution in [3.63, 3.8) is 0 Å². The van der Waals surface area contributed by atoms with E-state index in [1.807, 2.05) is 16.7 Å². The van der Waals surface area contributed by atoms with E-state index in [1.54, 1.807) is 24.6 Å². The Morgan fingerprint density at radius 2 is 1.95 bits per heavy atom. The number of carbonyl (C=O) groups excluding carboxylic acids is 1. The molecule has 0 N–H and O–H groups in total. The van der Waals surface area contributed by atoms with Crippen molar-refractivity contribution in [1.29, 1.82) is 0 Å². The molecule has 3 rings (SSSR count). The predicted molar refractivity (Wildman–Crippen MR) is 74.7 cm³/mol. The smallest absolute Gasteiger partial charge is 0.294 e. The van der Waals surface area contributed by atoms with Crippen molar-refractivity contribution in [3.05, 3.63) is 34.2 Å². The Kier molecular flexibility index (Phi) is 2.81. The van der Waals surface area contributed by atoms with Crippen LogP contribution in [0, 0.1) is 0 Å². The Morgan fingerprint density at radius 3 is 2.58 bits per heavy atom. The Bertz CT molecular complexity index is 703. The zero-order valence-electron chi connectivity index (χ0n) is 11.3. The molecule has 1 heterocycles. The highest BCUT2D eigenvalue weighted by Gasteiger charge is 2.24. The number of benzene rings is 1. The minimum atomic E-state index is -0.00407. The van der Waals surface area contributed by atoms with Gasteiger partial charge in [0.15, 0.2) is 5.78 Å². The van der Waals surface area contributed by atoms with Crippen LogP contribution in [0.25, 0.3) is 11.0 Å². The molecule has 1 aliphatic rings. The van der Waals surface area contributed by atoms with Gasteiger partial charge in [0, 0.05) is 18.7 Å². The largest absolute Gasteiger partial charge is 0.329 e. The summed E-state index contributed by atoms with van der Waals surface area (Å²) in [6.45, 7) is 1.55. The van der Waals surface area contributed by atoms with E-state index in [0.717, 1.165) is 23.9 Å². The summed E-state index contributed by atoms with van der Waals surface area (Å²) in [7, 11) is 1.75. The van der Waals surface area contributed by atoms with Gasteiger partial charge in [0.2, 0.25) is 0 Å². The molecule has 1 aliphatic carbocycles. The molecule has 100 valence electrons. The number of rotatable bonds is 2. The van der Waals surface area contributed by atoms with Crippen molar-refractivity contribution in [2.75, 3.05) is 0 Å². The van der Waals surface area contributed by atoms with E-state index < -0.39 is 0 Å². The second-order valence-corrected chi connectivity index (χ2v) is 5.38. The molecule has 0 unspecified atom stereocenters. The van der Waals surface area contributed by atoms with Gasteiger partial charge in [-0.3, -0.25) is 13.9 Å². The van der Waals surface area contributed by atoms with Gasteiger partial charge in [-0.05, 0) is 31.9 Å². The third-order valence-corrected chi connectivity index (χ3v) is 4.17. The summed E-state index contributed by atoms with van der Waals surface area (Å²) in [4.78, 5) is 24.2. The number of nitrogens with zero attached hydrogens (tertiary/aromatic N) is 2. The van der Waals surface area contributed by atoms with E-state index >= 15 is 0 Å². The Balaban J connectivity index is 2.35. The zero-order valence-corrected chi connectivity index (χ0v) is 11.3. The van der Waals surface area contributed by atoms with Gasteiger partial charge < -0.3 is 0 Å². The van der Waals surface area contributed by atoms with Crippen molar-refractivity contribution in [1.82, 2.24) is 9.13 Å². The summed E-state index contributed by atoms with van der Waals surface area (Å²) in [5, 5.41) is 0. The Morgan fingerprint density at radius 1 is 1.26 bits per heavy atom. The molecule has 0 saturated heterocycles. The molecule has 4 nitrogen and oxygen atoms in total. The summed E-state index contributed by atoms with van der Waals surface area (Å²) < 4.78 is 3.50. The number of hydrogen-bond donors (Lipinski definition) is 0.